The van der Waals surface area contributed by atoms with Gasteiger partial charge in [-0.15, -0.1) is 0 Å². The van der Waals surface area contributed by atoms with Gasteiger partial charge in [-0.05, 0) is 70.0 Å². The van der Waals surface area contributed by atoms with E-state index in [1.165, 1.54) is 24.3 Å². The molecule has 9 nitrogen and oxygen atoms in total. The van der Waals surface area contributed by atoms with Crippen molar-refractivity contribution in [2.45, 2.75) is 25.9 Å². The van der Waals surface area contributed by atoms with E-state index >= 15 is 0 Å². The molecule has 0 N–H and O–H groups in total. The Kier molecular flexibility index (Phi) is 8.97. The van der Waals surface area contributed by atoms with E-state index in [-0.39, 0.29) is 21.7 Å². The third-order valence-electron chi connectivity index (χ3n) is 4.88. The lowest BCUT2D eigenvalue weighted by atomic mass is 10.1. The number of carbonyl (C=O) groups is 3. The Hall–Kier alpha value is -3.39. The van der Waals surface area contributed by atoms with E-state index in [0.29, 0.717) is 35.9 Å². The number of thioether (sulfide) groups is 1. The molecule has 0 aromatic heterocycles. The zero-order valence-corrected chi connectivity index (χ0v) is 21.4. The molecule has 196 valence electrons. The van der Waals surface area contributed by atoms with E-state index in [9.17, 15) is 37.7 Å². The molecule has 3 rings (SSSR count). The third-order valence-corrected chi connectivity index (χ3v) is 6.41. The summed E-state index contributed by atoms with van der Waals surface area (Å²) in [6, 6.07) is 6.24. The second-order valence-electron chi connectivity index (χ2n) is 7.57. The Morgan fingerprint density at radius 3 is 2.51 bits per heavy atom. The van der Waals surface area contributed by atoms with Crippen LogP contribution in [0.4, 0.5) is 23.7 Å². The second-order valence-corrected chi connectivity index (χ2v) is 9.42. The molecule has 2 amide bonds. The van der Waals surface area contributed by atoms with Gasteiger partial charge in [0, 0.05) is 6.07 Å². The van der Waals surface area contributed by atoms with Crippen molar-refractivity contribution in [3.05, 3.63) is 67.0 Å². The summed E-state index contributed by atoms with van der Waals surface area (Å²) in [6.45, 7) is 1.61. The van der Waals surface area contributed by atoms with Crippen molar-refractivity contribution >= 4 is 56.6 Å². The molecule has 0 atom stereocenters. The lowest BCUT2D eigenvalue weighted by Crippen LogP contribution is -2.34. The molecule has 37 heavy (non-hydrogen) atoms. The first-order chi connectivity index (χ1) is 17.4. The van der Waals surface area contributed by atoms with Gasteiger partial charge in [0.1, 0.15) is 12.3 Å². The maximum absolute atomic E-state index is 12.9. The number of nitrogens with zero attached hydrogens (tertiary/aromatic N) is 2. The molecule has 1 aliphatic rings. The van der Waals surface area contributed by atoms with Crippen LogP contribution in [0.1, 0.15) is 30.9 Å². The molecule has 0 radical (unpaired) electrons. The zero-order chi connectivity index (χ0) is 27.3. The van der Waals surface area contributed by atoms with Crippen LogP contribution in [0.3, 0.4) is 0 Å². The minimum Gasteiger partial charge on any atom is -0.464 e. The number of carbonyl (C=O) groups excluding carboxylic acids is 3. The van der Waals surface area contributed by atoms with Crippen molar-refractivity contribution in [2.75, 3.05) is 13.2 Å². The van der Waals surface area contributed by atoms with Crippen LogP contribution >= 0.6 is 27.7 Å². The highest BCUT2D eigenvalue weighted by Gasteiger charge is 2.37. The number of hydrogen-bond acceptors (Lipinski definition) is 8. The van der Waals surface area contributed by atoms with Crippen molar-refractivity contribution < 1.29 is 42.0 Å². The summed E-state index contributed by atoms with van der Waals surface area (Å²) in [6.07, 6.45) is -1.88. The Balaban J connectivity index is 1.76. The van der Waals surface area contributed by atoms with Gasteiger partial charge in [-0.2, -0.15) is 13.2 Å². The molecule has 0 unspecified atom stereocenters. The quantitative estimate of drug-likeness (QED) is 0.104. The maximum atomic E-state index is 12.9. The summed E-state index contributed by atoms with van der Waals surface area (Å²) in [5.74, 6) is -1.71. The predicted octanol–water partition coefficient (Wildman–Crippen LogP) is 6.55. The van der Waals surface area contributed by atoms with E-state index < -0.39 is 51.8 Å². The fourth-order valence-electron chi connectivity index (χ4n) is 3.02. The Labute approximate surface area is 220 Å². The molecule has 0 bridgehead atoms. The highest BCUT2D eigenvalue weighted by Crippen LogP contribution is 2.40. The van der Waals surface area contributed by atoms with E-state index in [0.717, 1.165) is 17.4 Å². The number of nitro benzene ring substituents is 1. The van der Waals surface area contributed by atoms with E-state index in [2.05, 4.69) is 15.9 Å². The van der Waals surface area contributed by atoms with Crippen LogP contribution in [0.15, 0.2) is 45.8 Å². The highest BCUT2D eigenvalue weighted by molar-refractivity contribution is 9.10. The standard InChI is InChI=1S/C23H18BrF3N2O7S/c1-2-3-8-35-20(30)12-28-21(31)19(37-22(28)32)10-13-4-6-17(15(24)9-13)36-18-7-5-14(23(25,26)27)11-16(18)29(33)34/h4-7,9-11H,2-3,8,12H2,1H3/b19-10+. The molecule has 2 aromatic rings. The number of imide groups is 1. The molecule has 2 aromatic carbocycles. The van der Waals surface area contributed by atoms with Crippen molar-refractivity contribution in [3.8, 4) is 11.5 Å². The molecule has 1 fully saturated rings. The summed E-state index contributed by atoms with van der Waals surface area (Å²) >= 11 is 3.87. The van der Waals surface area contributed by atoms with E-state index in [4.69, 9.17) is 9.47 Å². The van der Waals surface area contributed by atoms with E-state index in [1.54, 1.807) is 0 Å². The van der Waals surface area contributed by atoms with Gasteiger partial charge < -0.3 is 9.47 Å². The lowest BCUT2D eigenvalue weighted by Gasteiger charge is -2.12. The maximum Gasteiger partial charge on any atom is 0.416 e. The molecule has 1 heterocycles. The van der Waals surface area contributed by atoms with Crippen LogP contribution < -0.4 is 4.74 Å². The normalized spacial score (nSPS) is 14.8. The van der Waals surface area contributed by atoms with E-state index in [1.807, 2.05) is 6.92 Å². The number of rotatable bonds is 9. The summed E-state index contributed by atoms with van der Waals surface area (Å²) in [5, 5.41) is 10.7. The Morgan fingerprint density at radius 2 is 1.89 bits per heavy atom. The SMILES string of the molecule is CCCCOC(=O)CN1C(=O)S/C(=C/c2ccc(Oc3ccc(C(F)(F)F)cc3[N+](=O)[O-])c(Br)c2)C1=O. The Bertz CT molecular complexity index is 1280. The second kappa shape index (κ2) is 11.8. The molecule has 0 aliphatic carbocycles. The van der Waals surface area contributed by atoms with Gasteiger partial charge in [0.2, 0.25) is 5.75 Å². The fraction of sp³-hybridized carbons (Fsp3) is 0.261. The average Bonchev–Trinajstić information content (AvgIpc) is 3.07. The van der Waals surface area contributed by atoms with Crippen LogP contribution in [0.2, 0.25) is 0 Å². The minimum absolute atomic E-state index is 0.0583. The number of amides is 2. The summed E-state index contributed by atoms with van der Waals surface area (Å²) in [7, 11) is 0. The first-order valence-electron chi connectivity index (χ1n) is 10.6. The van der Waals surface area contributed by atoms with Crippen LogP contribution in [-0.4, -0.2) is 40.1 Å². The van der Waals surface area contributed by atoms with Crippen molar-refractivity contribution in [1.82, 2.24) is 4.90 Å². The monoisotopic (exact) mass is 602 g/mol. The molecule has 0 saturated carbocycles. The van der Waals surface area contributed by atoms with Gasteiger partial charge in [0.05, 0.1) is 26.5 Å². The third kappa shape index (κ3) is 7.10. The summed E-state index contributed by atoms with van der Waals surface area (Å²) < 4.78 is 49.5. The summed E-state index contributed by atoms with van der Waals surface area (Å²) in [5.41, 5.74) is -1.62. The van der Waals surface area contributed by atoms with Gasteiger partial charge in [-0.25, -0.2) is 0 Å². The van der Waals surface area contributed by atoms with Gasteiger partial charge >= 0.3 is 17.8 Å². The first kappa shape index (κ1) is 28.2. The summed E-state index contributed by atoms with van der Waals surface area (Å²) in [4.78, 5) is 47.8. The number of halogens is 4. The van der Waals surface area contributed by atoms with Gasteiger partial charge in [0.25, 0.3) is 11.1 Å². The molecule has 1 aliphatic heterocycles. The molecule has 1 saturated heterocycles. The number of nitro groups is 1. The van der Waals surface area contributed by atoms with Crippen LogP contribution in [0.5, 0.6) is 11.5 Å². The number of benzene rings is 2. The van der Waals surface area contributed by atoms with Crippen molar-refractivity contribution in [1.29, 1.82) is 0 Å². The van der Waals surface area contributed by atoms with Crippen LogP contribution in [0.25, 0.3) is 6.08 Å². The lowest BCUT2D eigenvalue weighted by molar-refractivity contribution is -0.385. The van der Waals surface area contributed by atoms with Crippen molar-refractivity contribution in [2.24, 2.45) is 0 Å². The Morgan fingerprint density at radius 1 is 1.19 bits per heavy atom. The highest BCUT2D eigenvalue weighted by atomic mass is 79.9. The van der Waals surface area contributed by atoms with Crippen LogP contribution in [-0.2, 0) is 20.5 Å². The molecular formula is C23H18BrF3N2O7S. The van der Waals surface area contributed by atoms with Crippen molar-refractivity contribution in [3.63, 3.8) is 0 Å². The zero-order valence-electron chi connectivity index (χ0n) is 19.0. The number of hydrogen-bond donors (Lipinski definition) is 0. The van der Waals surface area contributed by atoms with Gasteiger partial charge in [0.15, 0.2) is 0 Å². The number of esters is 1. The minimum atomic E-state index is -4.76. The topological polar surface area (TPSA) is 116 Å². The fourth-order valence-corrected chi connectivity index (χ4v) is 4.34. The average molecular weight is 603 g/mol. The smallest absolute Gasteiger partial charge is 0.416 e. The molecular weight excluding hydrogens is 585 g/mol. The van der Waals surface area contributed by atoms with Crippen LogP contribution in [0, 0.1) is 10.1 Å². The largest absolute Gasteiger partial charge is 0.464 e. The number of alkyl halides is 3. The first-order valence-corrected chi connectivity index (χ1v) is 12.3. The van der Waals surface area contributed by atoms with Gasteiger partial charge in [-0.3, -0.25) is 29.4 Å². The molecule has 0 spiro atoms. The number of unbranched alkanes of at least 4 members (excludes halogenated alkanes) is 1. The predicted molar refractivity (Wildman–Crippen MR) is 131 cm³/mol. The number of ether oxygens (including phenoxy) is 2. The van der Waals surface area contributed by atoms with Gasteiger partial charge in [-0.1, -0.05) is 19.4 Å². The molecule has 14 heteroatoms.